The molecule has 1 aliphatic rings. The van der Waals surface area contributed by atoms with Crippen LogP contribution in [0.15, 0.2) is 48.5 Å². The van der Waals surface area contributed by atoms with Crippen LogP contribution < -0.4 is 10.6 Å². The zero-order chi connectivity index (χ0) is 14.7. The Bertz CT molecular complexity index is 630. The molecule has 1 aliphatic heterocycles. The van der Waals surface area contributed by atoms with E-state index in [1.165, 1.54) is 5.56 Å². The lowest BCUT2D eigenvalue weighted by Crippen LogP contribution is -2.38. The molecule has 4 heteroatoms. The molecule has 3 N–H and O–H groups in total. The number of rotatable bonds is 4. The highest BCUT2D eigenvalue weighted by atomic mass is 16.3. The number of amides is 1. The number of carbonyl (C=O) groups excluding carboxylic acids is 1. The first-order chi connectivity index (χ1) is 10.3. The number of anilines is 1. The molecule has 4 nitrogen and oxygen atoms in total. The summed E-state index contributed by atoms with van der Waals surface area (Å²) in [4.78, 5) is 12.2. The molecule has 1 heterocycles. The summed E-state index contributed by atoms with van der Waals surface area (Å²) < 4.78 is 0. The maximum atomic E-state index is 12.2. The number of aliphatic hydroxyl groups is 1. The number of para-hydroxylation sites is 1. The number of nitrogens with one attached hydrogen (secondary N) is 2. The summed E-state index contributed by atoms with van der Waals surface area (Å²) in [5.74, 6) is 0.000557. The fourth-order valence-corrected chi connectivity index (χ4v) is 2.61. The van der Waals surface area contributed by atoms with E-state index in [2.05, 4.69) is 10.6 Å². The van der Waals surface area contributed by atoms with Crippen LogP contribution >= 0.6 is 0 Å². The average molecular weight is 282 g/mol. The molecule has 108 valence electrons. The minimum Gasteiger partial charge on any atom is -0.392 e. The van der Waals surface area contributed by atoms with Crippen LogP contribution in [0.4, 0.5) is 5.69 Å². The van der Waals surface area contributed by atoms with Crippen LogP contribution in [0.5, 0.6) is 0 Å². The standard InChI is InChI=1S/C17H18N2O2/c20-11-13-5-3-4-12(8-13)10-18-17(21)16-9-14-6-1-2-7-15(14)19-16/h1-8,16,19-20H,9-11H2,(H,18,21). The van der Waals surface area contributed by atoms with Crippen molar-refractivity contribution in [2.24, 2.45) is 0 Å². The summed E-state index contributed by atoms with van der Waals surface area (Å²) in [6.45, 7) is 0.489. The van der Waals surface area contributed by atoms with Crippen molar-refractivity contribution in [2.45, 2.75) is 25.6 Å². The van der Waals surface area contributed by atoms with E-state index in [9.17, 15) is 4.79 Å². The van der Waals surface area contributed by atoms with Gasteiger partial charge >= 0.3 is 0 Å². The van der Waals surface area contributed by atoms with E-state index in [4.69, 9.17) is 5.11 Å². The monoisotopic (exact) mass is 282 g/mol. The Kier molecular flexibility index (Phi) is 3.88. The molecule has 0 saturated carbocycles. The van der Waals surface area contributed by atoms with Crippen molar-refractivity contribution < 1.29 is 9.90 Å². The second kappa shape index (κ2) is 5.97. The van der Waals surface area contributed by atoms with Gasteiger partial charge < -0.3 is 15.7 Å². The van der Waals surface area contributed by atoms with Gasteiger partial charge in [-0.05, 0) is 22.8 Å². The number of carbonyl (C=O) groups is 1. The summed E-state index contributed by atoms with van der Waals surface area (Å²) in [6, 6.07) is 15.4. The Morgan fingerprint density at radius 3 is 2.81 bits per heavy atom. The third-order valence-corrected chi connectivity index (χ3v) is 3.73. The maximum Gasteiger partial charge on any atom is 0.243 e. The summed E-state index contributed by atoms with van der Waals surface area (Å²) in [5.41, 5.74) is 4.07. The van der Waals surface area contributed by atoms with Crippen LogP contribution in [0.1, 0.15) is 16.7 Å². The highest BCUT2D eigenvalue weighted by molar-refractivity contribution is 5.87. The van der Waals surface area contributed by atoms with E-state index in [-0.39, 0.29) is 18.6 Å². The van der Waals surface area contributed by atoms with Gasteiger partial charge in [0, 0.05) is 18.7 Å². The first kappa shape index (κ1) is 13.6. The fourth-order valence-electron chi connectivity index (χ4n) is 2.61. The third kappa shape index (κ3) is 3.06. The molecule has 2 aromatic rings. The summed E-state index contributed by atoms with van der Waals surface area (Å²) >= 11 is 0. The van der Waals surface area contributed by atoms with Gasteiger partial charge in [0.15, 0.2) is 0 Å². The molecule has 0 aromatic heterocycles. The Morgan fingerprint density at radius 1 is 1.19 bits per heavy atom. The van der Waals surface area contributed by atoms with E-state index >= 15 is 0 Å². The van der Waals surface area contributed by atoms with Crippen LogP contribution in [0, 0.1) is 0 Å². The summed E-state index contributed by atoms with van der Waals surface area (Å²) in [7, 11) is 0. The normalized spacial score (nSPS) is 16.1. The Labute approximate surface area is 123 Å². The zero-order valence-corrected chi connectivity index (χ0v) is 11.7. The van der Waals surface area contributed by atoms with Crippen LogP contribution in [-0.2, 0) is 24.4 Å². The van der Waals surface area contributed by atoms with Gasteiger partial charge in [0.1, 0.15) is 6.04 Å². The van der Waals surface area contributed by atoms with Gasteiger partial charge in [0.05, 0.1) is 6.61 Å². The Balaban J connectivity index is 1.58. The van der Waals surface area contributed by atoms with E-state index in [0.29, 0.717) is 6.54 Å². The minimum absolute atomic E-state index is 0.000557. The molecule has 1 atom stereocenters. The van der Waals surface area contributed by atoms with Gasteiger partial charge in [-0.2, -0.15) is 0 Å². The number of hydrogen-bond acceptors (Lipinski definition) is 3. The molecule has 0 aliphatic carbocycles. The molecule has 1 unspecified atom stereocenters. The molecule has 21 heavy (non-hydrogen) atoms. The zero-order valence-electron chi connectivity index (χ0n) is 11.7. The predicted molar refractivity (Wildman–Crippen MR) is 81.8 cm³/mol. The highest BCUT2D eigenvalue weighted by Crippen LogP contribution is 2.25. The lowest BCUT2D eigenvalue weighted by Gasteiger charge is -2.12. The topological polar surface area (TPSA) is 61.4 Å². The van der Waals surface area contributed by atoms with Crippen molar-refractivity contribution in [3.05, 3.63) is 65.2 Å². The van der Waals surface area contributed by atoms with Crippen molar-refractivity contribution in [2.75, 3.05) is 5.32 Å². The molecule has 0 bridgehead atoms. The molecular weight excluding hydrogens is 264 g/mol. The maximum absolute atomic E-state index is 12.2. The molecule has 0 fully saturated rings. The van der Waals surface area contributed by atoms with Crippen molar-refractivity contribution >= 4 is 11.6 Å². The van der Waals surface area contributed by atoms with Crippen LogP contribution in [0.25, 0.3) is 0 Å². The lowest BCUT2D eigenvalue weighted by molar-refractivity contribution is -0.121. The average Bonchev–Trinajstić information content (AvgIpc) is 2.97. The van der Waals surface area contributed by atoms with E-state index in [1.807, 2.05) is 48.5 Å². The van der Waals surface area contributed by atoms with Gasteiger partial charge in [-0.3, -0.25) is 4.79 Å². The Hall–Kier alpha value is -2.33. The molecule has 1 amide bonds. The van der Waals surface area contributed by atoms with E-state index < -0.39 is 0 Å². The first-order valence-corrected chi connectivity index (χ1v) is 7.07. The van der Waals surface area contributed by atoms with Crippen LogP contribution in [0.2, 0.25) is 0 Å². The molecule has 2 aromatic carbocycles. The quantitative estimate of drug-likeness (QED) is 0.802. The van der Waals surface area contributed by atoms with Crippen molar-refractivity contribution in [1.29, 1.82) is 0 Å². The lowest BCUT2D eigenvalue weighted by atomic mass is 10.1. The number of aliphatic hydroxyl groups excluding tert-OH is 1. The molecule has 0 radical (unpaired) electrons. The third-order valence-electron chi connectivity index (χ3n) is 3.73. The van der Waals surface area contributed by atoms with Gasteiger partial charge in [0.2, 0.25) is 5.91 Å². The summed E-state index contributed by atoms with van der Waals surface area (Å²) in [6.07, 6.45) is 0.721. The van der Waals surface area contributed by atoms with E-state index in [0.717, 1.165) is 23.2 Å². The van der Waals surface area contributed by atoms with Crippen molar-refractivity contribution in [1.82, 2.24) is 5.32 Å². The highest BCUT2D eigenvalue weighted by Gasteiger charge is 2.25. The van der Waals surface area contributed by atoms with Gasteiger partial charge in [-0.25, -0.2) is 0 Å². The van der Waals surface area contributed by atoms with Gasteiger partial charge in [-0.1, -0.05) is 42.5 Å². The smallest absolute Gasteiger partial charge is 0.243 e. The molecule has 0 saturated heterocycles. The van der Waals surface area contributed by atoms with Gasteiger partial charge in [-0.15, -0.1) is 0 Å². The number of hydrogen-bond donors (Lipinski definition) is 3. The van der Waals surface area contributed by atoms with Crippen molar-refractivity contribution in [3.8, 4) is 0 Å². The predicted octanol–water partition coefficient (Wildman–Crippen LogP) is 1.83. The van der Waals surface area contributed by atoms with E-state index in [1.54, 1.807) is 0 Å². The second-order valence-electron chi connectivity index (χ2n) is 5.25. The van der Waals surface area contributed by atoms with Crippen molar-refractivity contribution in [3.63, 3.8) is 0 Å². The first-order valence-electron chi connectivity index (χ1n) is 7.07. The number of benzene rings is 2. The van der Waals surface area contributed by atoms with Gasteiger partial charge in [0.25, 0.3) is 0 Å². The number of fused-ring (bicyclic) bond motifs is 1. The second-order valence-corrected chi connectivity index (χ2v) is 5.25. The molecule has 0 spiro atoms. The SMILES string of the molecule is O=C(NCc1cccc(CO)c1)C1Cc2ccccc2N1. The Morgan fingerprint density at radius 2 is 2.00 bits per heavy atom. The largest absolute Gasteiger partial charge is 0.392 e. The molecular formula is C17H18N2O2. The fraction of sp³-hybridized carbons (Fsp3) is 0.235. The van der Waals surface area contributed by atoms with Crippen LogP contribution in [-0.4, -0.2) is 17.1 Å². The minimum atomic E-state index is -0.205. The molecule has 3 rings (SSSR count). The van der Waals surface area contributed by atoms with Crippen LogP contribution in [0.3, 0.4) is 0 Å². The summed E-state index contributed by atoms with van der Waals surface area (Å²) in [5, 5.41) is 15.3.